The molecule has 32 heavy (non-hydrogen) atoms. The number of rotatable bonds is 5. The van der Waals surface area contributed by atoms with E-state index in [4.69, 9.17) is 0 Å². The van der Waals surface area contributed by atoms with E-state index in [-0.39, 0.29) is 5.65 Å². The number of amides is 1. The molecule has 4 rings (SSSR count). The van der Waals surface area contributed by atoms with Gasteiger partial charge in [-0.05, 0) is 41.5 Å². The van der Waals surface area contributed by atoms with Crippen molar-refractivity contribution in [1.29, 1.82) is 0 Å². The minimum atomic E-state index is -4.67. The Balaban J connectivity index is 1.54. The normalized spacial score (nSPS) is 13.4. The molecule has 0 radical (unpaired) electrons. The van der Waals surface area contributed by atoms with Crippen LogP contribution >= 0.6 is 0 Å². The first-order valence-electron chi connectivity index (χ1n) is 9.47. The van der Waals surface area contributed by atoms with Crippen LogP contribution in [0, 0.1) is 0 Å². The van der Waals surface area contributed by atoms with Gasteiger partial charge in [0.2, 0.25) is 15.7 Å². The van der Waals surface area contributed by atoms with Gasteiger partial charge in [0.05, 0.1) is 11.6 Å². The molecule has 1 amide bonds. The SMILES string of the molecule is C[C@@H](NC(=O)CS(=O)(=O)c1nnc2ccc(C(F)(F)F)cn12)c1ccc2ccccc2c1. The van der Waals surface area contributed by atoms with Crippen molar-refractivity contribution >= 4 is 32.2 Å². The predicted molar refractivity (Wildman–Crippen MR) is 111 cm³/mol. The monoisotopic (exact) mass is 462 g/mol. The highest BCUT2D eigenvalue weighted by atomic mass is 32.2. The van der Waals surface area contributed by atoms with Gasteiger partial charge < -0.3 is 5.32 Å². The fraction of sp³-hybridized carbons (Fsp3) is 0.190. The van der Waals surface area contributed by atoms with Gasteiger partial charge in [-0.3, -0.25) is 9.20 Å². The number of hydrogen-bond donors (Lipinski definition) is 1. The summed E-state index contributed by atoms with van der Waals surface area (Å²) in [6.07, 6.45) is -4.08. The first-order valence-corrected chi connectivity index (χ1v) is 11.1. The number of pyridine rings is 1. The van der Waals surface area contributed by atoms with Crippen LogP contribution < -0.4 is 5.32 Å². The van der Waals surface area contributed by atoms with Gasteiger partial charge >= 0.3 is 6.18 Å². The van der Waals surface area contributed by atoms with E-state index >= 15 is 0 Å². The van der Waals surface area contributed by atoms with Crippen molar-refractivity contribution in [3.8, 4) is 0 Å². The molecule has 2 aromatic carbocycles. The number of aromatic nitrogens is 3. The molecular formula is C21H17F3N4O3S. The molecule has 0 aliphatic heterocycles. The Morgan fingerprint density at radius 3 is 2.50 bits per heavy atom. The van der Waals surface area contributed by atoms with Crippen molar-refractivity contribution < 1.29 is 26.4 Å². The fourth-order valence-corrected chi connectivity index (χ4v) is 4.50. The highest BCUT2D eigenvalue weighted by Crippen LogP contribution is 2.29. The molecule has 11 heteroatoms. The third-order valence-corrected chi connectivity index (χ3v) is 6.43. The maximum absolute atomic E-state index is 13.0. The second-order valence-corrected chi connectivity index (χ2v) is 9.16. The molecule has 0 spiro atoms. The van der Waals surface area contributed by atoms with Gasteiger partial charge in [-0.2, -0.15) is 13.2 Å². The third-order valence-electron chi connectivity index (χ3n) is 4.95. The maximum atomic E-state index is 13.0. The standard InChI is InChI=1S/C21H17F3N4O3S/c1-13(15-7-6-14-4-2-3-5-16(14)10-15)25-19(29)12-32(30,31)20-27-26-18-9-8-17(11-28(18)20)21(22,23)24/h2-11,13H,12H2,1H3,(H,25,29)/t13-/m1/s1. The second-order valence-electron chi connectivity index (χ2n) is 7.28. The summed E-state index contributed by atoms with van der Waals surface area (Å²) < 4.78 is 65.1. The molecule has 2 aromatic heterocycles. The Morgan fingerprint density at radius 1 is 1.06 bits per heavy atom. The van der Waals surface area contributed by atoms with E-state index in [1.807, 2.05) is 42.5 Å². The van der Waals surface area contributed by atoms with E-state index in [0.29, 0.717) is 6.20 Å². The summed E-state index contributed by atoms with van der Waals surface area (Å²) in [4.78, 5) is 12.4. The minimum absolute atomic E-state index is 0.0819. The Labute approximate surface area is 180 Å². The number of nitrogens with zero attached hydrogens (tertiary/aromatic N) is 3. The first kappa shape index (κ1) is 21.8. The highest BCUT2D eigenvalue weighted by Gasteiger charge is 2.32. The van der Waals surface area contributed by atoms with Crippen LogP contribution in [0.2, 0.25) is 0 Å². The summed E-state index contributed by atoms with van der Waals surface area (Å²) in [5.41, 5.74) is -0.366. The maximum Gasteiger partial charge on any atom is 0.417 e. The summed E-state index contributed by atoms with van der Waals surface area (Å²) >= 11 is 0. The summed E-state index contributed by atoms with van der Waals surface area (Å²) in [6, 6.07) is 14.6. The Kier molecular flexibility index (Phi) is 5.37. The lowest BCUT2D eigenvalue weighted by Crippen LogP contribution is -2.33. The zero-order valence-corrected chi connectivity index (χ0v) is 17.5. The van der Waals surface area contributed by atoms with Crippen LogP contribution in [0.3, 0.4) is 0 Å². The van der Waals surface area contributed by atoms with E-state index in [2.05, 4.69) is 15.5 Å². The lowest BCUT2D eigenvalue weighted by molar-refractivity contribution is -0.137. The van der Waals surface area contributed by atoms with Crippen LogP contribution in [0.1, 0.15) is 24.1 Å². The van der Waals surface area contributed by atoms with Crippen LogP contribution in [-0.2, 0) is 20.8 Å². The number of alkyl halides is 3. The number of carbonyl (C=O) groups excluding carboxylic acids is 1. The van der Waals surface area contributed by atoms with Gasteiger partial charge in [0, 0.05) is 6.20 Å². The van der Waals surface area contributed by atoms with Gasteiger partial charge in [0.15, 0.2) is 5.65 Å². The van der Waals surface area contributed by atoms with E-state index in [0.717, 1.165) is 32.9 Å². The summed E-state index contributed by atoms with van der Waals surface area (Å²) in [5, 5.41) is 10.9. The smallest absolute Gasteiger partial charge is 0.349 e. The highest BCUT2D eigenvalue weighted by molar-refractivity contribution is 7.91. The molecule has 0 saturated heterocycles. The Bertz CT molecular complexity index is 1430. The van der Waals surface area contributed by atoms with Gasteiger partial charge in [-0.15, -0.1) is 10.2 Å². The molecule has 0 aliphatic carbocycles. The van der Waals surface area contributed by atoms with Crippen LogP contribution in [0.25, 0.3) is 16.4 Å². The van der Waals surface area contributed by atoms with E-state index in [1.165, 1.54) is 0 Å². The molecule has 0 saturated carbocycles. The van der Waals surface area contributed by atoms with Gasteiger partial charge in [-0.1, -0.05) is 36.4 Å². The number of benzene rings is 2. The lowest BCUT2D eigenvalue weighted by Gasteiger charge is -2.15. The molecule has 2 heterocycles. The number of sulfone groups is 1. The summed E-state index contributed by atoms with van der Waals surface area (Å²) in [7, 11) is -4.36. The first-order chi connectivity index (χ1) is 15.0. The molecule has 166 valence electrons. The predicted octanol–water partition coefficient (Wildman–Crippen LogP) is 3.55. The number of halogens is 3. The van der Waals surface area contributed by atoms with Crippen molar-refractivity contribution in [2.24, 2.45) is 0 Å². The van der Waals surface area contributed by atoms with Gasteiger partial charge in [0.25, 0.3) is 5.16 Å². The van der Waals surface area contributed by atoms with Crippen LogP contribution in [-0.4, -0.2) is 34.7 Å². The number of nitrogens with one attached hydrogen (secondary N) is 1. The Hall–Kier alpha value is -3.47. The van der Waals surface area contributed by atoms with E-state index in [9.17, 15) is 26.4 Å². The topological polar surface area (TPSA) is 93.4 Å². The second kappa shape index (κ2) is 7.90. The van der Waals surface area contributed by atoms with Crippen molar-refractivity contribution in [2.75, 3.05) is 5.75 Å². The molecule has 4 aromatic rings. The third kappa shape index (κ3) is 4.28. The molecule has 0 fully saturated rings. The molecule has 7 nitrogen and oxygen atoms in total. The summed E-state index contributed by atoms with van der Waals surface area (Å²) in [5.74, 6) is -1.79. The fourth-order valence-electron chi connectivity index (χ4n) is 3.33. The van der Waals surface area contributed by atoms with Crippen molar-refractivity contribution in [3.63, 3.8) is 0 Å². The summed E-state index contributed by atoms with van der Waals surface area (Å²) in [6.45, 7) is 1.71. The quantitative estimate of drug-likeness (QED) is 0.490. The lowest BCUT2D eigenvalue weighted by atomic mass is 10.0. The zero-order chi connectivity index (χ0) is 23.1. The van der Waals surface area contributed by atoms with Crippen molar-refractivity contribution in [2.45, 2.75) is 24.3 Å². The molecule has 0 bridgehead atoms. The molecule has 0 aliphatic rings. The van der Waals surface area contributed by atoms with Crippen LogP contribution in [0.15, 0.2) is 66.0 Å². The number of hydrogen-bond acceptors (Lipinski definition) is 5. The van der Waals surface area contributed by atoms with Crippen LogP contribution in [0.4, 0.5) is 13.2 Å². The van der Waals surface area contributed by atoms with Crippen LogP contribution in [0.5, 0.6) is 0 Å². The van der Waals surface area contributed by atoms with Gasteiger partial charge in [-0.25, -0.2) is 8.42 Å². The van der Waals surface area contributed by atoms with Crippen molar-refractivity contribution in [3.05, 3.63) is 71.9 Å². The molecule has 1 atom stereocenters. The zero-order valence-electron chi connectivity index (χ0n) is 16.7. The number of fused-ring (bicyclic) bond motifs is 2. The molecule has 1 N–H and O–H groups in total. The number of carbonyl (C=O) groups is 1. The largest absolute Gasteiger partial charge is 0.417 e. The van der Waals surface area contributed by atoms with Gasteiger partial charge in [0.1, 0.15) is 5.75 Å². The average Bonchev–Trinajstić information content (AvgIpc) is 3.16. The molecule has 0 unspecified atom stereocenters. The minimum Gasteiger partial charge on any atom is -0.349 e. The van der Waals surface area contributed by atoms with E-state index in [1.54, 1.807) is 6.92 Å². The molecular weight excluding hydrogens is 445 g/mol. The Morgan fingerprint density at radius 2 is 1.78 bits per heavy atom. The average molecular weight is 462 g/mol. The van der Waals surface area contributed by atoms with Crippen molar-refractivity contribution in [1.82, 2.24) is 19.9 Å². The van der Waals surface area contributed by atoms with E-state index < -0.39 is 44.4 Å².